The van der Waals surface area contributed by atoms with Gasteiger partial charge in [-0.25, -0.2) is 4.79 Å². The molecule has 0 bridgehead atoms. The van der Waals surface area contributed by atoms with Gasteiger partial charge in [0, 0.05) is 19.3 Å². The van der Waals surface area contributed by atoms with Crippen LogP contribution in [0.25, 0.3) is 0 Å². The van der Waals surface area contributed by atoms with Crippen LogP contribution < -0.4 is 0 Å². The van der Waals surface area contributed by atoms with Gasteiger partial charge in [0.05, 0.1) is 7.11 Å². The molecule has 7 heteroatoms. The van der Waals surface area contributed by atoms with Gasteiger partial charge in [-0.3, -0.25) is 4.79 Å². The van der Waals surface area contributed by atoms with Crippen LogP contribution in [0.4, 0.5) is 0 Å². The Morgan fingerprint density at radius 3 is 2.00 bits per heavy atom. The highest BCUT2D eigenvalue weighted by Crippen LogP contribution is 2.30. The summed E-state index contributed by atoms with van der Waals surface area (Å²) < 4.78 is 2.31. The number of methoxy groups -OCH3 is 1. The second kappa shape index (κ2) is 7.09. The van der Waals surface area contributed by atoms with Gasteiger partial charge in [0.15, 0.2) is 0 Å². The van der Waals surface area contributed by atoms with E-state index in [2.05, 4.69) is 4.74 Å². The van der Waals surface area contributed by atoms with Gasteiger partial charge in [-0.1, -0.05) is 34.8 Å². The number of esters is 1. The average Bonchev–Trinajstić information content (AvgIpc) is 2.28. The molecule has 0 fully saturated rings. The first-order chi connectivity index (χ1) is 7.77. The summed E-state index contributed by atoms with van der Waals surface area (Å²) in [4.78, 5) is 24.9. The predicted octanol–water partition coefficient (Wildman–Crippen LogP) is 2.32. The molecule has 0 spiro atoms. The number of ketones is 1. The molecule has 0 unspecified atom stereocenters. The van der Waals surface area contributed by atoms with Crippen molar-refractivity contribution in [3.05, 3.63) is 11.8 Å². The molecule has 0 radical (unpaired) electrons. The number of ether oxygens (including phenoxy) is 1. The van der Waals surface area contributed by atoms with Crippen molar-refractivity contribution in [2.24, 2.45) is 0 Å². The Labute approximate surface area is 115 Å². The molecule has 0 heterocycles. The Bertz CT molecular complexity index is 319. The van der Waals surface area contributed by atoms with Gasteiger partial charge >= 0.3 is 5.97 Å². The van der Waals surface area contributed by atoms with Crippen LogP contribution in [0.5, 0.6) is 0 Å². The van der Waals surface area contributed by atoms with Crippen molar-refractivity contribution in [2.45, 2.75) is 17.6 Å². The molecule has 98 valence electrons. The number of rotatable bonds is 5. The van der Waals surface area contributed by atoms with Crippen molar-refractivity contribution >= 4 is 46.6 Å². The lowest BCUT2D eigenvalue weighted by molar-refractivity contribution is -0.137. The van der Waals surface area contributed by atoms with Gasteiger partial charge in [0.1, 0.15) is 5.57 Å². The highest BCUT2D eigenvalue weighted by Gasteiger charge is 2.37. The third-order valence-electron chi connectivity index (χ3n) is 2.03. The number of nitrogens with zero attached hydrogens (tertiary/aromatic N) is 1. The molecule has 17 heavy (non-hydrogen) atoms. The van der Waals surface area contributed by atoms with Gasteiger partial charge in [-0.05, 0) is 13.8 Å². The van der Waals surface area contributed by atoms with E-state index in [-0.39, 0.29) is 5.57 Å². The zero-order valence-corrected chi connectivity index (χ0v) is 12.1. The van der Waals surface area contributed by atoms with Crippen molar-refractivity contribution in [2.75, 3.05) is 20.2 Å². The number of alkyl halides is 3. The molecule has 0 saturated carbocycles. The summed E-state index contributed by atoms with van der Waals surface area (Å²) in [5.41, 5.74) is -0.281. The van der Waals surface area contributed by atoms with E-state index in [4.69, 9.17) is 34.8 Å². The fourth-order valence-corrected chi connectivity index (χ4v) is 1.36. The van der Waals surface area contributed by atoms with Gasteiger partial charge in [0.25, 0.3) is 3.79 Å². The molecule has 4 nitrogen and oxygen atoms in total. The van der Waals surface area contributed by atoms with Crippen molar-refractivity contribution < 1.29 is 14.3 Å². The zero-order chi connectivity index (χ0) is 13.6. The van der Waals surface area contributed by atoms with Crippen LogP contribution in [0.1, 0.15) is 13.8 Å². The standard InChI is InChI=1S/C10H14Cl3NO3/c1-4-14(5-2)6-7(9(16)17-3)8(15)10(11,12)13/h6H,4-5H2,1-3H3. The second-order valence-electron chi connectivity index (χ2n) is 3.08. The van der Waals surface area contributed by atoms with Gasteiger partial charge in [-0.15, -0.1) is 0 Å². The minimum Gasteiger partial charge on any atom is -0.465 e. The number of Topliss-reactive ketones (excluding diaryl/α,β-unsaturated/α-hetero) is 1. The minimum absolute atomic E-state index is 0.281. The van der Waals surface area contributed by atoms with Crippen molar-refractivity contribution in [1.82, 2.24) is 4.90 Å². The first kappa shape index (κ1) is 16.6. The molecular weight excluding hydrogens is 288 g/mol. The molecule has 0 amide bonds. The first-order valence-electron chi connectivity index (χ1n) is 4.93. The van der Waals surface area contributed by atoms with Crippen LogP contribution in [0.15, 0.2) is 11.8 Å². The van der Waals surface area contributed by atoms with Crippen LogP contribution >= 0.6 is 34.8 Å². The molecule has 0 N–H and O–H groups in total. The smallest absolute Gasteiger partial charge is 0.343 e. The molecule has 0 aromatic carbocycles. The van der Waals surface area contributed by atoms with E-state index >= 15 is 0 Å². The lowest BCUT2D eigenvalue weighted by atomic mass is 10.2. The predicted molar refractivity (Wildman–Crippen MR) is 68.3 cm³/mol. The van der Waals surface area contributed by atoms with Crippen molar-refractivity contribution in [1.29, 1.82) is 0 Å². The van der Waals surface area contributed by atoms with Gasteiger partial charge < -0.3 is 9.64 Å². The normalized spacial score (nSPS) is 12.2. The third-order valence-corrected chi connectivity index (χ3v) is 2.55. The number of carbonyl (C=O) groups excluding carboxylic acids is 2. The Hall–Kier alpha value is -0.450. The number of hydrogen-bond acceptors (Lipinski definition) is 4. The number of halogens is 3. The van der Waals surface area contributed by atoms with E-state index in [9.17, 15) is 9.59 Å². The maximum atomic E-state index is 11.7. The Morgan fingerprint density at radius 2 is 1.71 bits per heavy atom. The van der Waals surface area contributed by atoms with Crippen LogP contribution in [-0.4, -0.2) is 40.6 Å². The Morgan fingerprint density at radius 1 is 1.24 bits per heavy atom. The lowest BCUT2D eigenvalue weighted by Gasteiger charge is -2.18. The summed E-state index contributed by atoms with van der Waals surface area (Å²) in [7, 11) is 1.16. The molecule has 0 atom stereocenters. The van der Waals surface area contributed by atoms with E-state index in [1.807, 2.05) is 13.8 Å². The van der Waals surface area contributed by atoms with Crippen LogP contribution in [0, 0.1) is 0 Å². The minimum atomic E-state index is -2.17. The van der Waals surface area contributed by atoms with Crippen LogP contribution in [0.3, 0.4) is 0 Å². The SMILES string of the molecule is CCN(C=C(C(=O)OC)C(=O)C(Cl)(Cl)Cl)CC. The summed E-state index contributed by atoms with van der Waals surface area (Å²) >= 11 is 16.4. The van der Waals surface area contributed by atoms with Gasteiger partial charge in [0.2, 0.25) is 5.78 Å². The summed E-state index contributed by atoms with van der Waals surface area (Å²) in [6.45, 7) is 4.97. The number of carbonyl (C=O) groups is 2. The van der Waals surface area contributed by atoms with Crippen molar-refractivity contribution in [3.8, 4) is 0 Å². The molecule has 0 aromatic rings. The van der Waals surface area contributed by atoms with E-state index in [0.29, 0.717) is 13.1 Å². The molecule has 0 aliphatic carbocycles. The van der Waals surface area contributed by atoms with E-state index in [1.54, 1.807) is 4.90 Å². The Kier molecular flexibility index (Phi) is 6.90. The molecule has 0 rings (SSSR count). The summed E-state index contributed by atoms with van der Waals surface area (Å²) in [5, 5.41) is 0. The maximum Gasteiger partial charge on any atom is 0.343 e. The van der Waals surface area contributed by atoms with Crippen LogP contribution in [-0.2, 0) is 14.3 Å². The summed E-state index contributed by atoms with van der Waals surface area (Å²) in [6.07, 6.45) is 1.34. The van der Waals surface area contributed by atoms with E-state index in [1.165, 1.54) is 6.20 Å². The highest BCUT2D eigenvalue weighted by atomic mass is 35.6. The van der Waals surface area contributed by atoms with Crippen molar-refractivity contribution in [3.63, 3.8) is 0 Å². The number of hydrogen-bond donors (Lipinski definition) is 0. The lowest BCUT2D eigenvalue weighted by Crippen LogP contribution is -2.29. The second-order valence-corrected chi connectivity index (χ2v) is 5.36. The molecule has 0 saturated heterocycles. The quantitative estimate of drug-likeness (QED) is 0.257. The van der Waals surface area contributed by atoms with E-state index in [0.717, 1.165) is 7.11 Å². The summed E-state index contributed by atoms with van der Waals surface area (Å²) in [5.74, 6) is -1.73. The first-order valence-corrected chi connectivity index (χ1v) is 6.07. The largest absolute Gasteiger partial charge is 0.465 e. The third kappa shape index (κ3) is 5.15. The molecule has 0 aliphatic heterocycles. The fourth-order valence-electron chi connectivity index (χ4n) is 1.06. The zero-order valence-electron chi connectivity index (χ0n) is 9.80. The molecule has 0 aliphatic rings. The Balaban J connectivity index is 5.29. The van der Waals surface area contributed by atoms with Gasteiger partial charge in [-0.2, -0.15) is 0 Å². The maximum absolute atomic E-state index is 11.7. The highest BCUT2D eigenvalue weighted by molar-refractivity contribution is 6.78. The van der Waals surface area contributed by atoms with Crippen LogP contribution in [0.2, 0.25) is 0 Å². The molecular formula is C10H14Cl3NO3. The molecule has 0 aromatic heterocycles. The topological polar surface area (TPSA) is 46.6 Å². The average molecular weight is 303 g/mol. The summed E-state index contributed by atoms with van der Waals surface area (Å²) in [6, 6.07) is 0. The van der Waals surface area contributed by atoms with E-state index < -0.39 is 15.5 Å². The fraction of sp³-hybridized carbons (Fsp3) is 0.600. The monoisotopic (exact) mass is 301 g/mol.